The van der Waals surface area contributed by atoms with Crippen LogP contribution in [0.25, 0.3) is 0 Å². The monoisotopic (exact) mass is 258 g/mol. The molecule has 1 aromatic rings. The summed E-state index contributed by atoms with van der Waals surface area (Å²) >= 11 is 6.12. The zero-order chi connectivity index (χ0) is 12.7. The average molecular weight is 259 g/mol. The topological polar surface area (TPSA) is 34.6 Å². The van der Waals surface area contributed by atoms with Gasteiger partial charge in [0.2, 0.25) is 0 Å². The summed E-state index contributed by atoms with van der Waals surface area (Å²) in [6.45, 7) is 3.75. The predicted molar refractivity (Wildman–Crippen MR) is 70.2 cm³/mol. The number of anilines is 1. The minimum atomic E-state index is -0.0681. The molecule has 1 heterocycles. The van der Waals surface area contributed by atoms with Crippen LogP contribution in [0.5, 0.6) is 5.75 Å². The fourth-order valence-corrected chi connectivity index (χ4v) is 1.89. The number of hydrogen-bond donors (Lipinski definition) is 0. The summed E-state index contributed by atoms with van der Waals surface area (Å²) in [6.07, 6.45) is 1.74. The van der Waals surface area contributed by atoms with Crippen molar-refractivity contribution < 1.29 is 9.47 Å². The summed E-state index contributed by atoms with van der Waals surface area (Å²) in [4.78, 5) is 6.29. The van der Waals surface area contributed by atoms with E-state index in [1.807, 2.05) is 31.0 Å². The molecule has 0 aliphatic carbocycles. The van der Waals surface area contributed by atoms with Crippen LogP contribution in [0.3, 0.4) is 0 Å². The first-order chi connectivity index (χ1) is 8.19. The van der Waals surface area contributed by atoms with Gasteiger partial charge in [0.05, 0.1) is 18.6 Å². The average Bonchev–Trinajstić information content (AvgIpc) is 2.30. The third kappa shape index (κ3) is 4.40. The Balaban J connectivity index is 2.70. The van der Waals surface area contributed by atoms with Crippen molar-refractivity contribution in [2.24, 2.45) is 0 Å². The molecule has 0 saturated carbocycles. The van der Waals surface area contributed by atoms with Crippen LogP contribution in [0.1, 0.15) is 6.92 Å². The summed E-state index contributed by atoms with van der Waals surface area (Å²) in [5, 5.41) is -0.0681. The van der Waals surface area contributed by atoms with Gasteiger partial charge < -0.3 is 14.4 Å². The molecule has 0 aliphatic rings. The summed E-state index contributed by atoms with van der Waals surface area (Å²) < 4.78 is 10.5. The molecule has 0 amide bonds. The Morgan fingerprint density at radius 3 is 2.94 bits per heavy atom. The standard InChI is InChI=1S/C12H19ClN2O2/c1-4-17-11-6-5-7-14-12(11)15(2)8-10(13)9-16-3/h5-7,10H,4,8-9H2,1-3H3. The SMILES string of the molecule is CCOc1cccnc1N(C)CC(Cl)COC. The van der Waals surface area contributed by atoms with E-state index in [9.17, 15) is 0 Å². The van der Waals surface area contributed by atoms with Crippen molar-refractivity contribution in [1.82, 2.24) is 4.98 Å². The molecule has 17 heavy (non-hydrogen) atoms. The second-order valence-corrected chi connectivity index (χ2v) is 4.31. The lowest BCUT2D eigenvalue weighted by atomic mass is 10.3. The Morgan fingerprint density at radius 1 is 1.53 bits per heavy atom. The molecule has 0 aliphatic heterocycles. The molecule has 0 N–H and O–H groups in total. The van der Waals surface area contributed by atoms with E-state index in [4.69, 9.17) is 21.1 Å². The smallest absolute Gasteiger partial charge is 0.171 e. The van der Waals surface area contributed by atoms with Crippen LogP contribution in [0.4, 0.5) is 5.82 Å². The Hall–Kier alpha value is -1.00. The van der Waals surface area contributed by atoms with Crippen LogP contribution in [-0.2, 0) is 4.74 Å². The van der Waals surface area contributed by atoms with E-state index in [1.54, 1.807) is 13.3 Å². The van der Waals surface area contributed by atoms with E-state index in [1.165, 1.54) is 0 Å². The Labute approximate surface area is 107 Å². The number of nitrogens with zero attached hydrogens (tertiary/aromatic N) is 2. The van der Waals surface area contributed by atoms with Gasteiger partial charge in [-0.1, -0.05) is 0 Å². The third-order valence-corrected chi connectivity index (χ3v) is 2.50. The van der Waals surface area contributed by atoms with Gasteiger partial charge in [-0.2, -0.15) is 0 Å². The van der Waals surface area contributed by atoms with Gasteiger partial charge in [-0.25, -0.2) is 4.98 Å². The van der Waals surface area contributed by atoms with Crippen molar-refractivity contribution in [1.29, 1.82) is 0 Å². The molecule has 0 saturated heterocycles. The lowest BCUT2D eigenvalue weighted by molar-refractivity contribution is 0.199. The van der Waals surface area contributed by atoms with Crippen molar-refractivity contribution in [3.8, 4) is 5.75 Å². The minimum absolute atomic E-state index is 0.0681. The van der Waals surface area contributed by atoms with Crippen LogP contribution in [0.2, 0.25) is 0 Å². The van der Waals surface area contributed by atoms with E-state index in [2.05, 4.69) is 4.98 Å². The van der Waals surface area contributed by atoms with Gasteiger partial charge in [-0.3, -0.25) is 0 Å². The highest BCUT2D eigenvalue weighted by Gasteiger charge is 2.13. The molecule has 4 nitrogen and oxygen atoms in total. The molecule has 0 spiro atoms. The number of ether oxygens (including phenoxy) is 2. The summed E-state index contributed by atoms with van der Waals surface area (Å²) in [6, 6.07) is 3.76. The van der Waals surface area contributed by atoms with Gasteiger partial charge in [-0.15, -0.1) is 11.6 Å². The van der Waals surface area contributed by atoms with Crippen LogP contribution < -0.4 is 9.64 Å². The maximum absolute atomic E-state index is 6.12. The number of alkyl halides is 1. The van der Waals surface area contributed by atoms with Gasteiger partial charge in [-0.05, 0) is 19.1 Å². The molecule has 0 bridgehead atoms. The predicted octanol–water partition coefficient (Wildman–Crippen LogP) is 2.17. The maximum Gasteiger partial charge on any atom is 0.171 e. The van der Waals surface area contributed by atoms with Gasteiger partial charge in [0.1, 0.15) is 0 Å². The quantitative estimate of drug-likeness (QED) is 0.702. The van der Waals surface area contributed by atoms with Crippen molar-refractivity contribution in [2.45, 2.75) is 12.3 Å². The molecule has 1 unspecified atom stereocenters. The van der Waals surface area contributed by atoms with Crippen LogP contribution in [0.15, 0.2) is 18.3 Å². The molecular weight excluding hydrogens is 240 g/mol. The lowest BCUT2D eigenvalue weighted by Crippen LogP contribution is -2.29. The Bertz CT molecular complexity index is 336. The number of aromatic nitrogens is 1. The molecule has 0 radical (unpaired) electrons. The van der Waals surface area contributed by atoms with E-state index < -0.39 is 0 Å². The lowest BCUT2D eigenvalue weighted by Gasteiger charge is -2.22. The van der Waals surface area contributed by atoms with Gasteiger partial charge in [0, 0.05) is 26.9 Å². The molecule has 1 aromatic heterocycles. The summed E-state index contributed by atoms with van der Waals surface area (Å²) in [5.74, 6) is 1.58. The number of halogens is 1. The van der Waals surface area contributed by atoms with Gasteiger partial charge in [0.15, 0.2) is 11.6 Å². The Kier molecular flexibility index (Phi) is 6.08. The molecule has 1 atom stereocenters. The fraction of sp³-hybridized carbons (Fsp3) is 0.583. The van der Waals surface area contributed by atoms with Crippen LogP contribution >= 0.6 is 11.6 Å². The highest BCUT2D eigenvalue weighted by molar-refractivity contribution is 6.21. The van der Waals surface area contributed by atoms with Gasteiger partial charge in [0.25, 0.3) is 0 Å². The second kappa shape index (κ2) is 7.35. The first kappa shape index (κ1) is 14.1. The zero-order valence-corrected chi connectivity index (χ0v) is 11.3. The van der Waals surface area contributed by atoms with Crippen LogP contribution in [0, 0.1) is 0 Å². The van der Waals surface area contributed by atoms with Crippen molar-refractivity contribution >= 4 is 17.4 Å². The summed E-state index contributed by atoms with van der Waals surface area (Å²) in [5.41, 5.74) is 0. The van der Waals surface area contributed by atoms with Crippen molar-refractivity contribution in [3.05, 3.63) is 18.3 Å². The first-order valence-corrected chi connectivity index (χ1v) is 6.04. The molecule has 5 heteroatoms. The van der Waals surface area contributed by atoms with E-state index in [-0.39, 0.29) is 5.38 Å². The molecule has 1 rings (SSSR count). The highest BCUT2D eigenvalue weighted by atomic mass is 35.5. The first-order valence-electron chi connectivity index (χ1n) is 5.61. The van der Waals surface area contributed by atoms with Crippen LogP contribution in [-0.4, -0.2) is 44.3 Å². The van der Waals surface area contributed by atoms with E-state index >= 15 is 0 Å². The van der Waals surface area contributed by atoms with Crippen molar-refractivity contribution in [3.63, 3.8) is 0 Å². The number of methoxy groups -OCH3 is 1. The molecule has 0 fully saturated rings. The largest absolute Gasteiger partial charge is 0.490 e. The molecular formula is C12H19ClN2O2. The normalized spacial score (nSPS) is 12.2. The minimum Gasteiger partial charge on any atom is -0.490 e. The fourth-order valence-electron chi connectivity index (χ4n) is 1.55. The number of rotatable bonds is 7. The summed E-state index contributed by atoms with van der Waals surface area (Å²) in [7, 11) is 3.58. The molecule has 96 valence electrons. The van der Waals surface area contributed by atoms with Crippen molar-refractivity contribution in [2.75, 3.05) is 38.8 Å². The molecule has 0 aromatic carbocycles. The number of pyridine rings is 1. The third-order valence-electron chi connectivity index (χ3n) is 2.23. The second-order valence-electron chi connectivity index (χ2n) is 3.69. The van der Waals surface area contributed by atoms with E-state index in [0.717, 1.165) is 11.6 Å². The van der Waals surface area contributed by atoms with Gasteiger partial charge >= 0.3 is 0 Å². The highest BCUT2D eigenvalue weighted by Crippen LogP contribution is 2.24. The Morgan fingerprint density at radius 2 is 2.29 bits per heavy atom. The number of hydrogen-bond acceptors (Lipinski definition) is 4. The van der Waals surface area contributed by atoms with E-state index in [0.29, 0.717) is 19.8 Å². The maximum atomic E-state index is 6.12. The zero-order valence-electron chi connectivity index (χ0n) is 10.5.